The number of hydrogen-bond donors (Lipinski definition) is 2. The first kappa shape index (κ1) is 10.8. The summed E-state index contributed by atoms with van der Waals surface area (Å²) in [6.45, 7) is 5.09. The van der Waals surface area contributed by atoms with E-state index in [1.807, 2.05) is 6.92 Å². The highest BCUT2D eigenvalue weighted by molar-refractivity contribution is 5.74. The molecule has 1 aromatic rings. The lowest BCUT2D eigenvalue weighted by Gasteiger charge is -2.26. The molecule has 0 aliphatic carbocycles. The van der Waals surface area contributed by atoms with Gasteiger partial charge in [-0.25, -0.2) is 4.79 Å². The van der Waals surface area contributed by atoms with Gasteiger partial charge in [-0.3, -0.25) is 0 Å². The van der Waals surface area contributed by atoms with Crippen molar-refractivity contribution >= 4 is 5.97 Å². The van der Waals surface area contributed by atoms with E-state index >= 15 is 0 Å². The van der Waals surface area contributed by atoms with Crippen LogP contribution >= 0.6 is 0 Å². The third-order valence-corrected chi connectivity index (χ3v) is 2.36. The molecule has 1 aromatic heterocycles. The van der Waals surface area contributed by atoms with Gasteiger partial charge in [-0.1, -0.05) is 0 Å². The predicted octanol–water partition coefficient (Wildman–Crippen LogP) is 1.31. The van der Waals surface area contributed by atoms with Crippen LogP contribution in [0.3, 0.4) is 0 Å². The molecule has 0 saturated heterocycles. The fourth-order valence-electron chi connectivity index (χ4n) is 1.47. The number of carbonyl (C=O) groups is 1. The molecule has 0 spiro atoms. The molecule has 0 bridgehead atoms. The third-order valence-electron chi connectivity index (χ3n) is 2.36. The number of rotatable bonds is 3. The number of aliphatic hydroxyl groups is 1. The number of aryl methyl sites for hydroxylation is 1. The molecule has 0 radical (unpaired) electrons. The normalized spacial score (nSPS) is 14.0. The average Bonchev–Trinajstić information content (AvgIpc) is 2.50. The van der Waals surface area contributed by atoms with Crippen LogP contribution in [0.5, 0.6) is 0 Å². The zero-order valence-electron chi connectivity index (χ0n) is 8.44. The highest BCUT2D eigenvalue weighted by atomic mass is 16.4. The van der Waals surface area contributed by atoms with Gasteiger partial charge in [0.1, 0.15) is 5.76 Å². The van der Waals surface area contributed by atoms with Crippen molar-refractivity contribution in [1.82, 2.24) is 0 Å². The first-order chi connectivity index (χ1) is 6.37. The van der Waals surface area contributed by atoms with Crippen LogP contribution in [0.1, 0.15) is 25.2 Å². The van der Waals surface area contributed by atoms with E-state index in [4.69, 9.17) is 9.52 Å². The molecule has 0 fully saturated rings. The number of carboxylic acids is 1. The summed E-state index contributed by atoms with van der Waals surface area (Å²) in [6.07, 6.45) is 0.0217. The van der Waals surface area contributed by atoms with Gasteiger partial charge in [-0.15, -0.1) is 0 Å². The highest BCUT2D eigenvalue weighted by Gasteiger charge is 2.38. The van der Waals surface area contributed by atoms with E-state index in [9.17, 15) is 9.90 Å². The topological polar surface area (TPSA) is 70.7 Å². The van der Waals surface area contributed by atoms with Crippen molar-refractivity contribution < 1.29 is 19.4 Å². The molecule has 0 aliphatic heterocycles. The van der Waals surface area contributed by atoms with E-state index in [0.717, 1.165) is 5.56 Å². The lowest BCUT2D eigenvalue weighted by molar-refractivity contribution is -0.150. The molecule has 0 aliphatic rings. The molecular weight excluding hydrogens is 184 g/mol. The van der Waals surface area contributed by atoms with Gasteiger partial charge in [0.15, 0.2) is 6.10 Å². The molecule has 4 nitrogen and oxygen atoms in total. The van der Waals surface area contributed by atoms with Crippen molar-refractivity contribution in [2.45, 2.75) is 32.3 Å². The van der Waals surface area contributed by atoms with Crippen LogP contribution in [0.15, 0.2) is 16.7 Å². The number of furan rings is 1. The Labute approximate surface area is 82.2 Å². The standard InChI is InChI=1S/C10H14O4/c1-6-4-5-14-8(6)10(2,3)7(11)9(12)13/h4-5,7,11H,1-3H3,(H,12,13). The Morgan fingerprint density at radius 1 is 1.57 bits per heavy atom. The van der Waals surface area contributed by atoms with Gasteiger partial charge in [0.05, 0.1) is 11.7 Å². The van der Waals surface area contributed by atoms with E-state index in [2.05, 4.69) is 0 Å². The van der Waals surface area contributed by atoms with Crippen molar-refractivity contribution in [3.63, 3.8) is 0 Å². The molecular formula is C10H14O4. The summed E-state index contributed by atoms with van der Waals surface area (Å²) in [6, 6.07) is 1.74. The lowest BCUT2D eigenvalue weighted by atomic mass is 9.82. The Morgan fingerprint density at radius 2 is 2.14 bits per heavy atom. The summed E-state index contributed by atoms with van der Waals surface area (Å²) in [7, 11) is 0. The molecule has 1 rings (SSSR count). The smallest absolute Gasteiger partial charge is 0.333 e. The van der Waals surface area contributed by atoms with Gasteiger partial charge in [0, 0.05) is 0 Å². The minimum Gasteiger partial charge on any atom is -0.479 e. The first-order valence-corrected chi connectivity index (χ1v) is 4.33. The van der Waals surface area contributed by atoms with Crippen LogP contribution in [-0.4, -0.2) is 22.3 Å². The van der Waals surface area contributed by atoms with Crippen molar-refractivity contribution in [2.75, 3.05) is 0 Å². The van der Waals surface area contributed by atoms with E-state index in [0.29, 0.717) is 5.76 Å². The second-order valence-corrected chi connectivity index (χ2v) is 3.90. The second kappa shape index (κ2) is 3.46. The van der Waals surface area contributed by atoms with Gasteiger partial charge in [0.25, 0.3) is 0 Å². The Morgan fingerprint density at radius 3 is 2.50 bits per heavy atom. The predicted molar refractivity (Wildman–Crippen MR) is 50.1 cm³/mol. The number of carboxylic acid groups (broad SMARTS) is 1. The maximum Gasteiger partial charge on any atom is 0.333 e. The van der Waals surface area contributed by atoms with Crippen molar-refractivity contribution in [3.05, 3.63) is 23.7 Å². The Kier molecular flexibility index (Phi) is 2.66. The van der Waals surface area contributed by atoms with E-state index in [-0.39, 0.29) is 0 Å². The van der Waals surface area contributed by atoms with Crippen LogP contribution in [0, 0.1) is 6.92 Å². The van der Waals surface area contributed by atoms with Crippen LogP contribution in [0.2, 0.25) is 0 Å². The SMILES string of the molecule is Cc1ccoc1C(C)(C)C(O)C(=O)O. The van der Waals surface area contributed by atoms with Crippen molar-refractivity contribution in [1.29, 1.82) is 0 Å². The average molecular weight is 198 g/mol. The second-order valence-electron chi connectivity index (χ2n) is 3.90. The number of aliphatic hydroxyl groups excluding tert-OH is 1. The number of aliphatic carboxylic acids is 1. The molecule has 0 aromatic carbocycles. The summed E-state index contributed by atoms with van der Waals surface area (Å²) in [5, 5.41) is 18.2. The molecule has 14 heavy (non-hydrogen) atoms. The van der Waals surface area contributed by atoms with Gasteiger partial charge in [-0.05, 0) is 32.4 Å². The summed E-state index contributed by atoms with van der Waals surface area (Å²) in [5.74, 6) is -0.738. The maximum atomic E-state index is 10.7. The molecule has 0 amide bonds. The molecule has 1 unspecified atom stereocenters. The molecule has 0 saturated carbocycles. The van der Waals surface area contributed by atoms with E-state index in [1.54, 1.807) is 19.9 Å². The third kappa shape index (κ3) is 1.65. The minimum absolute atomic E-state index is 0.507. The quantitative estimate of drug-likeness (QED) is 0.768. The first-order valence-electron chi connectivity index (χ1n) is 4.33. The zero-order valence-corrected chi connectivity index (χ0v) is 8.44. The van der Waals surface area contributed by atoms with Gasteiger partial charge in [-0.2, -0.15) is 0 Å². The maximum absolute atomic E-state index is 10.7. The lowest BCUT2D eigenvalue weighted by Crippen LogP contribution is -2.40. The van der Waals surface area contributed by atoms with E-state index < -0.39 is 17.5 Å². The summed E-state index contributed by atoms with van der Waals surface area (Å²) in [5.41, 5.74) is -0.0744. The van der Waals surface area contributed by atoms with Crippen molar-refractivity contribution in [3.8, 4) is 0 Å². The molecule has 1 atom stereocenters. The van der Waals surface area contributed by atoms with Crippen LogP contribution in [0.25, 0.3) is 0 Å². The zero-order chi connectivity index (χ0) is 10.9. The highest BCUT2D eigenvalue weighted by Crippen LogP contribution is 2.30. The summed E-state index contributed by atoms with van der Waals surface area (Å²) in [4.78, 5) is 10.7. The van der Waals surface area contributed by atoms with Gasteiger partial charge in [0.2, 0.25) is 0 Å². The van der Waals surface area contributed by atoms with E-state index in [1.165, 1.54) is 6.26 Å². The number of hydrogen-bond acceptors (Lipinski definition) is 3. The molecule has 2 N–H and O–H groups in total. The largest absolute Gasteiger partial charge is 0.479 e. The van der Waals surface area contributed by atoms with Crippen LogP contribution < -0.4 is 0 Å². The van der Waals surface area contributed by atoms with Crippen molar-refractivity contribution in [2.24, 2.45) is 0 Å². The van der Waals surface area contributed by atoms with Gasteiger partial charge < -0.3 is 14.6 Å². The molecule has 1 heterocycles. The fourth-order valence-corrected chi connectivity index (χ4v) is 1.47. The fraction of sp³-hybridized carbons (Fsp3) is 0.500. The summed E-state index contributed by atoms with van der Waals surface area (Å²) < 4.78 is 5.18. The monoisotopic (exact) mass is 198 g/mol. The molecule has 78 valence electrons. The van der Waals surface area contributed by atoms with Crippen LogP contribution in [-0.2, 0) is 10.2 Å². The Hall–Kier alpha value is -1.29. The Balaban J connectivity index is 3.07. The van der Waals surface area contributed by atoms with Crippen LogP contribution in [0.4, 0.5) is 0 Å². The minimum atomic E-state index is -1.47. The Bertz CT molecular complexity index is 338. The summed E-state index contributed by atoms with van der Waals surface area (Å²) >= 11 is 0. The molecule has 4 heteroatoms. The van der Waals surface area contributed by atoms with Gasteiger partial charge >= 0.3 is 5.97 Å².